The lowest BCUT2D eigenvalue weighted by atomic mass is 9.99. The lowest BCUT2D eigenvalue weighted by Crippen LogP contribution is -2.25. The predicted octanol–water partition coefficient (Wildman–Crippen LogP) is 7.06. The van der Waals surface area contributed by atoms with Crippen LogP contribution in [-0.2, 0) is 11.4 Å². The summed E-state index contributed by atoms with van der Waals surface area (Å²) < 4.78 is 89.2. The number of nitrogens with zero attached hydrogens (tertiary/aromatic N) is 2. The van der Waals surface area contributed by atoms with Gasteiger partial charge in [0.1, 0.15) is 23.9 Å². The molecule has 1 amide bonds. The molecule has 0 aliphatic carbocycles. The first-order chi connectivity index (χ1) is 18.2. The zero-order chi connectivity index (χ0) is 27.1. The van der Waals surface area contributed by atoms with E-state index in [2.05, 4.69) is 5.10 Å². The van der Waals surface area contributed by atoms with Crippen LogP contribution in [0.4, 0.5) is 32.0 Å². The molecular weight excluding hydrogens is 510 g/mol. The minimum absolute atomic E-state index is 0.0173. The van der Waals surface area contributed by atoms with Crippen molar-refractivity contribution in [1.29, 1.82) is 0 Å². The number of hydrogen-bond donors (Lipinski definition) is 0. The first-order valence-electron chi connectivity index (χ1n) is 11.2. The topological polar surface area (TPSA) is 41.9 Å². The zero-order valence-corrected chi connectivity index (χ0v) is 19.5. The molecule has 0 spiro atoms. The number of anilines is 1. The standard InChI is InChI=1S/C28H16F6N2O2/c1-14-19(28(37)36(35-14)27-25(33)23(31)22(30)24(32)26(27)34)12-20-18-5-3-2-4-16(18)8-11-21(20)38-13-15-6-9-17(29)10-7-15/h2-12H,13H2,1H3/b19-12-. The van der Waals surface area contributed by atoms with Crippen LogP contribution in [0, 0.1) is 34.9 Å². The summed E-state index contributed by atoms with van der Waals surface area (Å²) in [6.45, 7) is 1.42. The Hall–Kier alpha value is -4.60. The molecule has 1 heterocycles. The van der Waals surface area contributed by atoms with Gasteiger partial charge in [-0.15, -0.1) is 0 Å². The number of carbonyl (C=O) groups excluding carboxylic acids is 1. The van der Waals surface area contributed by atoms with Gasteiger partial charge in [-0.3, -0.25) is 4.79 Å². The van der Waals surface area contributed by atoms with E-state index >= 15 is 0 Å². The number of benzene rings is 4. The van der Waals surface area contributed by atoms with Crippen molar-refractivity contribution < 1.29 is 35.9 Å². The molecule has 0 N–H and O–H groups in total. The Labute approximate surface area is 212 Å². The van der Waals surface area contributed by atoms with Crippen LogP contribution in [0.25, 0.3) is 16.8 Å². The zero-order valence-electron chi connectivity index (χ0n) is 19.5. The number of hydrazone groups is 1. The molecule has 38 heavy (non-hydrogen) atoms. The lowest BCUT2D eigenvalue weighted by molar-refractivity contribution is -0.114. The van der Waals surface area contributed by atoms with Gasteiger partial charge in [0.15, 0.2) is 23.3 Å². The van der Waals surface area contributed by atoms with E-state index in [4.69, 9.17) is 4.74 Å². The number of fused-ring (bicyclic) bond motifs is 1. The Bertz CT molecular complexity index is 1640. The molecule has 0 saturated heterocycles. The van der Waals surface area contributed by atoms with E-state index in [0.29, 0.717) is 22.3 Å². The summed E-state index contributed by atoms with van der Waals surface area (Å²) in [6, 6.07) is 16.3. The third kappa shape index (κ3) is 4.27. The highest BCUT2D eigenvalue weighted by Gasteiger charge is 2.37. The number of ether oxygens (including phenoxy) is 1. The SMILES string of the molecule is CC1=NN(c2c(F)c(F)c(F)c(F)c2F)C(=O)/C1=C\c1c(OCc2ccc(F)cc2)ccc2ccccc12. The van der Waals surface area contributed by atoms with Crippen molar-refractivity contribution >= 4 is 34.2 Å². The molecule has 0 bridgehead atoms. The maximum absolute atomic E-state index is 14.4. The number of carbonyl (C=O) groups is 1. The second kappa shape index (κ2) is 9.70. The molecule has 1 aliphatic rings. The molecule has 4 nitrogen and oxygen atoms in total. The summed E-state index contributed by atoms with van der Waals surface area (Å²) in [4.78, 5) is 13.2. The second-order valence-corrected chi connectivity index (χ2v) is 8.39. The van der Waals surface area contributed by atoms with Gasteiger partial charge < -0.3 is 4.74 Å². The van der Waals surface area contributed by atoms with Gasteiger partial charge in [0.05, 0.1) is 11.3 Å². The molecule has 4 aromatic carbocycles. The van der Waals surface area contributed by atoms with Gasteiger partial charge in [-0.2, -0.15) is 10.1 Å². The van der Waals surface area contributed by atoms with E-state index < -0.39 is 46.5 Å². The quantitative estimate of drug-likeness (QED) is 0.121. The average molecular weight is 526 g/mol. The number of amides is 1. The molecule has 0 unspecified atom stereocenters. The van der Waals surface area contributed by atoms with Crippen LogP contribution >= 0.6 is 0 Å². The Kier molecular flexibility index (Phi) is 6.40. The van der Waals surface area contributed by atoms with Crippen molar-refractivity contribution in [2.45, 2.75) is 13.5 Å². The Morgan fingerprint density at radius 3 is 2.13 bits per heavy atom. The molecule has 4 aromatic rings. The fourth-order valence-corrected chi connectivity index (χ4v) is 4.05. The number of hydrogen-bond acceptors (Lipinski definition) is 3. The summed E-state index contributed by atoms with van der Waals surface area (Å²) in [7, 11) is 0. The fraction of sp³-hybridized carbons (Fsp3) is 0.0714. The molecule has 0 fully saturated rings. The van der Waals surface area contributed by atoms with Crippen molar-refractivity contribution in [2.24, 2.45) is 5.10 Å². The average Bonchev–Trinajstić information content (AvgIpc) is 3.19. The van der Waals surface area contributed by atoms with Crippen LogP contribution in [0.3, 0.4) is 0 Å². The summed E-state index contributed by atoms with van der Waals surface area (Å²) >= 11 is 0. The highest BCUT2D eigenvalue weighted by atomic mass is 19.2. The van der Waals surface area contributed by atoms with E-state index in [1.165, 1.54) is 25.1 Å². The summed E-state index contributed by atoms with van der Waals surface area (Å²) in [6.07, 6.45) is 1.38. The van der Waals surface area contributed by atoms with E-state index in [1.807, 2.05) is 6.07 Å². The molecule has 0 radical (unpaired) electrons. The van der Waals surface area contributed by atoms with E-state index in [-0.39, 0.29) is 22.9 Å². The molecule has 1 aliphatic heterocycles. The van der Waals surface area contributed by atoms with E-state index in [9.17, 15) is 31.1 Å². The molecule has 0 atom stereocenters. The molecule has 10 heteroatoms. The number of halogens is 6. The van der Waals surface area contributed by atoms with E-state index in [1.54, 1.807) is 42.5 Å². The first kappa shape index (κ1) is 25.1. The van der Waals surface area contributed by atoms with Crippen LogP contribution in [0.15, 0.2) is 71.3 Å². The lowest BCUT2D eigenvalue weighted by Gasteiger charge is -2.15. The largest absolute Gasteiger partial charge is 0.488 e. The van der Waals surface area contributed by atoms with Crippen molar-refractivity contribution in [3.8, 4) is 5.75 Å². The monoisotopic (exact) mass is 526 g/mol. The third-order valence-electron chi connectivity index (χ3n) is 5.99. The van der Waals surface area contributed by atoms with E-state index in [0.717, 1.165) is 5.39 Å². The minimum Gasteiger partial charge on any atom is -0.488 e. The van der Waals surface area contributed by atoms with Gasteiger partial charge in [0, 0.05) is 5.56 Å². The molecular formula is C28H16F6N2O2. The molecule has 0 saturated carbocycles. The Morgan fingerprint density at radius 1 is 0.816 bits per heavy atom. The maximum Gasteiger partial charge on any atom is 0.280 e. The van der Waals surface area contributed by atoms with Crippen molar-refractivity contribution in [2.75, 3.05) is 5.01 Å². The van der Waals surface area contributed by atoms with Crippen LogP contribution in [0.2, 0.25) is 0 Å². The summed E-state index contributed by atoms with van der Waals surface area (Å²) in [5.41, 5.74) is -0.541. The number of rotatable bonds is 5. The van der Waals surface area contributed by atoms with Gasteiger partial charge in [0.25, 0.3) is 5.91 Å². The van der Waals surface area contributed by atoms with Gasteiger partial charge in [-0.1, -0.05) is 42.5 Å². The minimum atomic E-state index is -2.34. The highest BCUT2D eigenvalue weighted by molar-refractivity contribution is 6.32. The van der Waals surface area contributed by atoms with Crippen LogP contribution < -0.4 is 9.75 Å². The van der Waals surface area contributed by atoms with Gasteiger partial charge in [0.2, 0.25) is 5.82 Å². The summed E-state index contributed by atoms with van der Waals surface area (Å²) in [5, 5.41) is 5.38. The van der Waals surface area contributed by atoms with Crippen LogP contribution in [0.5, 0.6) is 5.75 Å². The first-order valence-corrected chi connectivity index (χ1v) is 11.2. The van der Waals surface area contributed by atoms with Crippen LogP contribution in [-0.4, -0.2) is 11.6 Å². The van der Waals surface area contributed by atoms with Crippen LogP contribution in [0.1, 0.15) is 18.1 Å². The Morgan fingerprint density at radius 2 is 1.45 bits per heavy atom. The Balaban J connectivity index is 1.58. The van der Waals surface area contributed by atoms with Gasteiger partial charge in [-0.25, -0.2) is 26.3 Å². The third-order valence-corrected chi connectivity index (χ3v) is 5.99. The summed E-state index contributed by atoms with van der Waals surface area (Å²) in [5.74, 6) is -12.3. The normalized spacial score (nSPS) is 14.5. The maximum atomic E-state index is 14.4. The second-order valence-electron chi connectivity index (χ2n) is 8.39. The van der Waals surface area contributed by atoms with Gasteiger partial charge >= 0.3 is 0 Å². The smallest absolute Gasteiger partial charge is 0.280 e. The predicted molar refractivity (Wildman–Crippen MR) is 129 cm³/mol. The molecule has 0 aromatic heterocycles. The van der Waals surface area contributed by atoms with Gasteiger partial charge in [-0.05, 0) is 47.5 Å². The highest BCUT2D eigenvalue weighted by Crippen LogP contribution is 2.36. The van der Waals surface area contributed by atoms with Crippen molar-refractivity contribution in [3.05, 3.63) is 112 Å². The van der Waals surface area contributed by atoms with Crippen molar-refractivity contribution in [1.82, 2.24) is 0 Å². The fourth-order valence-electron chi connectivity index (χ4n) is 4.05. The molecule has 192 valence electrons. The van der Waals surface area contributed by atoms with Crippen molar-refractivity contribution in [3.63, 3.8) is 0 Å². The molecule has 5 rings (SSSR count).